The van der Waals surface area contributed by atoms with Crippen LogP contribution in [-0.2, 0) is 20.1 Å². The number of benzene rings is 3. The number of carbonyl (C=O) groups is 1. The average molecular weight is 729 g/mol. The molecular formula is C36H39F3N2O9Si. The Balaban J connectivity index is 1.56. The van der Waals surface area contributed by atoms with E-state index < -0.39 is 60.7 Å². The summed E-state index contributed by atoms with van der Waals surface area (Å²) >= 11 is 0. The molecular weight excluding hydrogens is 689 g/mol. The average Bonchev–Trinajstić information content (AvgIpc) is 3.49. The Morgan fingerprint density at radius 2 is 1.45 bits per heavy atom. The third-order valence-corrected chi connectivity index (χ3v) is 13.8. The first-order chi connectivity index (χ1) is 24.1. The zero-order valence-electron chi connectivity index (χ0n) is 28.9. The van der Waals surface area contributed by atoms with Gasteiger partial charge in [-0.25, -0.2) is 9.59 Å². The quantitative estimate of drug-likeness (QED) is 0.173. The minimum absolute atomic E-state index is 0.0279. The summed E-state index contributed by atoms with van der Waals surface area (Å²) in [5.74, 6) is -0.204. The number of carbonyl (C=O) groups excluding carboxylic acids is 1. The summed E-state index contributed by atoms with van der Waals surface area (Å²) in [5, 5.41) is 1.46. The van der Waals surface area contributed by atoms with Gasteiger partial charge in [0.2, 0.25) is 5.75 Å². The Morgan fingerprint density at radius 1 is 0.902 bits per heavy atom. The molecule has 1 N–H and O–H groups in total. The van der Waals surface area contributed by atoms with Gasteiger partial charge >= 0.3 is 17.8 Å². The molecule has 1 aliphatic rings. The van der Waals surface area contributed by atoms with Crippen molar-refractivity contribution in [1.29, 1.82) is 0 Å². The van der Waals surface area contributed by atoms with Crippen molar-refractivity contribution in [3.8, 4) is 17.2 Å². The number of methoxy groups -OCH3 is 3. The number of aromatic amines is 1. The molecule has 0 radical (unpaired) electrons. The highest BCUT2D eigenvalue weighted by Gasteiger charge is 2.52. The third kappa shape index (κ3) is 7.46. The minimum atomic E-state index is -5.05. The first kappa shape index (κ1) is 37.4. The fraction of sp³-hybridized carbons (Fsp3) is 0.361. The Bertz CT molecular complexity index is 1900. The number of alkyl halides is 3. The fourth-order valence-electron chi connectivity index (χ4n) is 6.42. The van der Waals surface area contributed by atoms with Crippen LogP contribution < -0.4 is 35.8 Å². The second kappa shape index (κ2) is 14.8. The molecule has 2 heterocycles. The van der Waals surface area contributed by atoms with Gasteiger partial charge in [0, 0.05) is 12.6 Å². The summed E-state index contributed by atoms with van der Waals surface area (Å²) in [6.45, 7) is 6.04. The van der Waals surface area contributed by atoms with Crippen LogP contribution in [-0.4, -0.2) is 64.0 Å². The minimum Gasteiger partial charge on any atom is -0.493 e. The van der Waals surface area contributed by atoms with Crippen molar-refractivity contribution < 1.29 is 46.1 Å². The molecule has 272 valence electrons. The van der Waals surface area contributed by atoms with Gasteiger partial charge in [0.1, 0.15) is 24.0 Å². The van der Waals surface area contributed by atoms with Gasteiger partial charge in [-0.1, -0.05) is 81.4 Å². The highest BCUT2D eigenvalue weighted by Crippen LogP contribution is 2.41. The number of H-pyrrole nitrogens is 1. The van der Waals surface area contributed by atoms with Crippen molar-refractivity contribution >= 4 is 24.7 Å². The zero-order chi connectivity index (χ0) is 37.1. The molecule has 0 saturated carbocycles. The molecule has 0 aliphatic carbocycles. The number of ether oxygens (including phenoxy) is 5. The van der Waals surface area contributed by atoms with Crippen LogP contribution in [0, 0.1) is 0 Å². The Hall–Kier alpha value is -4.86. The number of esters is 1. The van der Waals surface area contributed by atoms with Gasteiger partial charge in [-0.2, -0.15) is 13.2 Å². The number of hydrogen-bond acceptors (Lipinski definition) is 9. The summed E-state index contributed by atoms with van der Waals surface area (Å²) in [6, 6.07) is 22.2. The molecule has 3 atom stereocenters. The third-order valence-electron chi connectivity index (χ3n) is 8.80. The Kier molecular flexibility index (Phi) is 10.8. The van der Waals surface area contributed by atoms with Crippen LogP contribution in [0.3, 0.4) is 0 Å². The van der Waals surface area contributed by atoms with Crippen molar-refractivity contribution in [2.75, 3.05) is 27.9 Å². The van der Waals surface area contributed by atoms with E-state index in [4.69, 9.17) is 28.1 Å². The van der Waals surface area contributed by atoms with Crippen LogP contribution in [0.15, 0.2) is 88.6 Å². The molecule has 3 aromatic carbocycles. The second-order valence-electron chi connectivity index (χ2n) is 12.9. The predicted molar refractivity (Wildman–Crippen MR) is 184 cm³/mol. The second-order valence-corrected chi connectivity index (χ2v) is 17.2. The van der Waals surface area contributed by atoms with Gasteiger partial charge in [0.25, 0.3) is 13.9 Å². The molecule has 0 spiro atoms. The van der Waals surface area contributed by atoms with Gasteiger partial charge in [-0.05, 0) is 27.5 Å². The molecule has 51 heavy (non-hydrogen) atoms. The van der Waals surface area contributed by atoms with Gasteiger partial charge in [-0.3, -0.25) is 14.3 Å². The van der Waals surface area contributed by atoms with E-state index in [9.17, 15) is 27.6 Å². The number of hydrogen-bond donors (Lipinski definition) is 1. The summed E-state index contributed by atoms with van der Waals surface area (Å²) in [7, 11) is 1.01. The molecule has 0 amide bonds. The van der Waals surface area contributed by atoms with Gasteiger partial charge in [0.15, 0.2) is 11.5 Å². The monoisotopic (exact) mass is 728 g/mol. The lowest BCUT2D eigenvalue weighted by Crippen LogP contribution is -2.67. The first-order valence-corrected chi connectivity index (χ1v) is 17.9. The number of nitrogens with zero attached hydrogens (tertiary/aromatic N) is 1. The van der Waals surface area contributed by atoms with Crippen molar-refractivity contribution in [3.63, 3.8) is 0 Å². The predicted octanol–water partition coefficient (Wildman–Crippen LogP) is 4.67. The lowest BCUT2D eigenvalue weighted by atomic mass is 10.1. The number of nitrogens with one attached hydrogen (secondary N) is 1. The Morgan fingerprint density at radius 3 is 1.92 bits per heavy atom. The van der Waals surface area contributed by atoms with E-state index in [1.807, 2.05) is 60.7 Å². The van der Waals surface area contributed by atoms with Crippen LogP contribution in [0.25, 0.3) is 0 Å². The summed E-state index contributed by atoms with van der Waals surface area (Å²) in [4.78, 5) is 40.4. The van der Waals surface area contributed by atoms with E-state index in [0.29, 0.717) is 10.8 Å². The molecule has 1 saturated heterocycles. The lowest BCUT2D eigenvalue weighted by molar-refractivity contribution is -0.139. The van der Waals surface area contributed by atoms with E-state index in [2.05, 4.69) is 20.8 Å². The number of rotatable bonds is 11. The van der Waals surface area contributed by atoms with Crippen LogP contribution in [0.5, 0.6) is 17.2 Å². The summed E-state index contributed by atoms with van der Waals surface area (Å²) in [6.07, 6.45) is -8.42. The van der Waals surface area contributed by atoms with E-state index in [1.165, 1.54) is 33.5 Å². The van der Waals surface area contributed by atoms with Gasteiger partial charge in [-0.15, -0.1) is 0 Å². The molecule has 4 aromatic rings. The normalized spacial score (nSPS) is 17.9. The number of aromatic nitrogens is 2. The highest BCUT2D eigenvalue weighted by atomic mass is 28.4. The summed E-state index contributed by atoms with van der Waals surface area (Å²) in [5.41, 5.74) is -4.26. The molecule has 1 aliphatic heterocycles. The van der Waals surface area contributed by atoms with Crippen molar-refractivity contribution in [1.82, 2.24) is 9.55 Å². The molecule has 11 nitrogen and oxygen atoms in total. The summed E-state index contributed by atoms with van der Waals surface area (Å²) < 4.78 is 77.2. The number of halogens is 3. The van der Waals surface area contributed by atoms with Crippen molar-refractivity contribution in [3.05, 3.63) is 111 Å². The maximum absolute atomic E-state index is 13.7. The first-order valence-electron chi connectivity index (χ1n) is 16.0. The molecule has 0 bridgehead atoms. The van der Waals surface area contributed by atoms with Crippen LogP contribution in [0.1, 0.15) is 49.3 Å². The molecule has 5 rings (SSSR count). The topological polar surface area (TPSA) is 127 Å². The molecule has 1 aromatic heterocycles. The smallest absolute Gasteiger partial charge is 0.423 e. The maximum Gasteiger partial charge on any atom is 0.423 e. The van der Waals surface area contributed by atoms with E-state index >= 15 is 0 Å². The Labute approximate surface area is 293 Å². The van der Waals surface area contributed by atoms with E-state index in [1.54, 1.807) is 4.98 Å². The SMILES string of the molecule is COc1cc(C(=O)O[C@H]2CC(n3cc(C(F)(F)F)c(=O)[nH]c3=O)O[C@@H]2CO[Si](c2ccccc2)(c2ccccc2)C(C)(C)C)cc(OC)c1OC. The van der Waals surface area contributed by atoms with E-state index in [-0.39, 0.29) is 35.8 Å². The fourth-order valence-corrected chi connectivity index (χ4v) is 11.0. The maximum atomic E-state index is 13.7. The van der Waals surface area contributed by atoms with Crippen LogP contribution in [0.2, 0.25) is 5.04 Å². The molecule has 15 heteroatoms. The lowest BCUT2D eigenvalue weighted by Gasteiger charge is -2.43. The molecule has 1 fully saturated rings. The van der Waals surface area contributed by atoms with Gasteiger partial charge in [0.05, 0.1) is 33.5 Å². The van der Waals surface area contributed by atoms with Crippen LogP contribution in [0.4, 0.5) is 13.2 Å². The van der Waals surface area contributed by atoms with Crippen molar-refractivity contribution in [2.45, 2.75) is 56.8 Å². The molecule has 1 unspecified atom stereocenters. The van der Waals surface area contributed by atoms with Gasteiger partial charge < -0.3 is 28.1 Å². The van der Waals surface area contributed by atoms with E-state index in [0.717, 1.165) is 10.4 Å². The largest absolute Gasteiger partial charge is 0.493 e. The highest BCUT2D eigenvalue weighted by molar-refractivity contribution is 6.99. The standard InChI is InChI=1S/C36H39F3N2O9Si/c1-35(2,3)51(23-13-9-7-10-14-23,24-15-11-8-12-16-24)48-21-29-26(50-33(43)22-17-27(45-4)31(47-6)28(18-22)46-5)19-30(49-29)41-20-25(36(37,38)39)32(42)40-34(41)44/h7-18,20,26,29-30H,19,21H2,1-6H3,(H,40,42,44)/t26-,29+,30?/m0/s1. The van der Waals surface area contributed by atoms with Crippen molar-refractivity contribution in [2.24, 2.45) is 0 Å². The van der Waals surface area contributed by atoms with Crippen LogP contribution >= 0.6 is 0 Å². The zero-order valence-corrected chi connectivity index (χ0v) is 29.9.